The number of amides is 2. The zero-order chi connectivity index (χ0) is 23.0. The Morgan fingerprint density at radius 2 is 1.75 bits per heavy atom. The summed E-state index contributed by atoms with van der Waals surface area (Å²) in [6, 6.07) is 5.65. The summed E-state index contributed by atoms with van der Waals surface area (Å²) in [6.07, 6.45) is 3.01. The van der Waals surface area contributed by atoms with Gasteiger partial charge in [-0.3, -0.25) is 9.59 Å². The Hall–Kier alpha value is -3.62. The number of aryl methyl sites for hydroxylation is 2. The van der Waals surface area contributed by atoms with Crippen LogP contribution in [0, 0.1) is 6.92 Å². The molecular formula is C23H27N5O4. The maximum Gasteiger partial charge on any atom is 0.270 e. The monoisotopic (exact) mass is 437 g/mol. The van der Waals surface area contributed by atoms with Gasteiger partial charge in [0, 0.05) is 43.7 Å². The van der Waals surface area contributed by atoms with E-state index in [-0.39, 0.29) is 11.8 Å². The Balaban J connectivity index is 1.51. The van der Waals surface area contributed by atoms with Gasteiger partial charge >= 0.3 is 0 Å². The SMILES string of the molecule is COc1cc2cc(C(=O)N3CCC(c4ncc(C(N)=O)c(C)n4)CC3)n(C)c2cc1OC. The summed E-state index contributed by atoms with van der Waals surface area (Å²) in [6.45, 7) is 2.98. The van der Waals surface area contributed by atoms with E-state index in [1.165, 1.54) is 6.20 Å². The van der Waals surface area contributed by atoms with Crippen molar-refractivity contribution >= 4 is 22.7 Å². The highest BCUT2D eigenvalue weighted by molar-refractivity contribution is 5.99. The first kappa shape index (κ1) is 21.6. The van der Waals surface area contributed by atoms with Gasteiger partial charge in [-0.15, -0.1) is 0 Å². The molecule has 0 atom stereocenters. The molecule has 1 aliphatic rings. The highest BCUT2D eigenvalue weighted by atomic mass is 16.5. The predicted octanol–water partition coefficient (Wildman–Crippen LogP) is 2.41. The van der Waals surface area contributed by atoms with Crippen molar-refractivity contribution in [3.8, 4) is 11.5 Å². The summed E-state index contributed by atoms with van der Waals surface area (Å²) in [5, 5.41) is 0.918. The smallest absolute Gasteiger partial charge is 0.270 e. The van der Waals surface area contributed by atoms with Crippen molar-refractivity contribution in [3.05, 3.63) is 47.2 Å². The number of carbonyl (C=O) groups is 2. The topological polar surface area (TPSA) is 113 Å². The third-order valence-electron chi connectivity index (χ3n) is 6.18. The molecule has 168 valence electrons. The number of nitrogens with two attached hydrogens (primary N) is 1. The lowest BCUT2D eigenvalue weighted by atomic mass is 9.95. The Labute approximate surface area is 186 Å². The molecule has 9 heteroatoms. The molecule has 9 nitrogen and oxygen atoms in total. The third kappa shape index (κ3) is 3.74. The fraction of sp³-hybridized carbons (Fsp3) is 0.391. The van der Waals surface area contributed by atoms with E-state index in [0.717, 1.165) is 23.7 Å². The van der Waals surface area contributed by atoms with E-state index in [1.54, 1.807) is 21.1 Å². The number of methoxy groups -OCH3 is 2. The van der Waals surface area contributed by atoms with Crippen molar-refractivity contribution in [1.82, 2.24) is 19.4 Å². The van der Waals surface area contributed by atoms with Crippen LogP contribution in [-0.2, 0) is 7.05 Å². The van der Waals surface area contributed by atoms with Crippen molar-refractivity contribution in [3.63, 3.8) is 0 Å². The number of rotatable bonds is 5. The summed E-state index contributed by atoms with van der Waals surface area (Å²) in [5.41, 5.74) is 7.79. The second-order valence-electron chi connectivity index (χ2n) is 8.01. The second-order valence-corrected chi connectivity index (χ2v) is 8.01. The van der Waals surface area contributed by atoms with Crippen LogP contribution in [0.5, 0.6) is 11.5 Å². The molecule has 3 aromatic rings. The first-order valence-electron chi connectivity index (χ1n) is 10.5. The molecule has 0 saturated carbocycles. The van der Waals surface area contributed by atoms with Crippen LogP contribution in [0.15, 0.2) is 24.4 Å². The van der Waals surface area contributed by atoms with E-state index in [0.29, 0.717) is 47.4 Å². The van der Waals surface area contributed by atoms with Gasteiger partial charge in [0.15, 0.2) is 11.5 Å². The molecule has 0 aliphatic carbocycles. The van der Waals surface area contributed by atoms with Gasteiger partial charge in [-0.2, -0.15) is 0 Å². The molecule has 0 spiro atoms. The maximum atomic E-state index is 13.3. The van der Waals surface area contributed by atoms with Crippen LogP contribution in [0.1, 0.15) is 51.1 Å². The van der Waals surface area contributed by atoms with Gasteiger partial charge in [0.25, 0.3) is 11.8 Å². The normalized spacial score (nSPS) is 14.6. The molecule has 1 fully saturated rings. The number of fused-ring (bicyclic) bond motifs is 1. The Morgan fingerprint density at radius 1 is 1.09 bits per heavy atom. The number of hydrogen-bond acceptors (Lipinski definition) is 6. The zero-order valence-electron chi connectivity index (χ0n) is 18.7. The third-order valence-corrected chi connectivity index (χ3v) is 6.18. The molecule has 2 aromatic heterocycles. The van der Waals surface area contributed by atoms with Crippen molar-refractivity contribution in [2.45, 2.75) is 25.7 Å². The summed E-state index contributed by atoms with van der Waals surface area (Å²) in [5.74, 6) is 1.55. The average molecular weight is 438 g/mol. The molecule has 1 aromatic carbocycles. The Kier molecular flexibility index (Phi) is 5.73. The number of primary amides is 1. The Bertz CT molecular complexity index is 1190. The highest BCUT2D eigenvalue weighted by Crippen LogP contribution is 2.34. The van der Waals surface area contributed by atoms with Crippen LogP contribution in [0.4, 0.5) is 0 Å². The van der Waals surface area contributed by atoms with Crippen molar-refractivity contribution in [2.24, 2.45) is 12.8 Å². The van der Waals surface area contributed by atoms with Gasteiger partial charge in [-0.1, -0.05) is 0 Å². The van der Waals surface area contributed by atoms with Crippen LogP contribution >= 0.6 is 0 Å². The number of likely N-dealkylation sites (tertiary alicyclic amines) is 1. The van der Waals surface area contributed by atoms with E-state index in [1.807, 2.05) is 34.7 Å². The number of ether oxygens (including phenoxy) is 2. The molecule has 2 N–H and O–H groups in total. The van der Waals surface area contributed by atoms with Gasteiger partial charge in [0.1, 0.15) is 11.5 Å². The van der Waals surface area contributed by atoms with E-state index in [4.69, 9.17) is 15.2 Å². The van der Waals surface area contributed by atoms with Gasteiger partial charge in [0.2, 0.25) is 0 Å². The lowest BCUT2D eigenvalue weighted by Gasteiger charge is -2.31. The van der Waals surface area contributed by atoms with Crippen LogP contribution in [0.3, 0.4) is 0 Å². The van der Waals surface area contributed by atoms with Crippen LogP contribution in [-0.4, -0.2) is 58.6 Å². The molecule has 2 amide bonds. The van der Waals surface area contributed by atoms with E-state index in [2.05, 4.69) is 9.97 Å². The second kappa shape index (κ2) is 8.49. The molecule has 4 rings (SSSR count). The standard InChI is InChI=1S/C23H27N5O4/c1-13-16(21(24)29)12-25-22(26-13)14-5-7-28(8-6-14)23(30)18-9-15-10-19(31-3)20(32-4)11-17(15)27(18)2/h9-12,14H,5-8H2,1-4H3,(H2,24,29). The summed E-state index contributed by atoms with van der Waals surface area (Å²) in [7, 11) is 5.07. The fourth-order valence-electron chi connectivity index (χ4n) is 4.30. The lowest BCUT2D eigenvalue weighted by Crippen LogP contribution is -2.39. The minimum absolute atomic E-state index is 0.0127. The minimum atomic E-state index is -0.528. The molecular weight excluding hydrogens is 410 g/mol. The summed E-state index contributed by atoms with van der Waals surface area (Å²) in [4.78, 5) is 35.4. The van der Waals surface area contributed by atoms with Crippen molar-refractivity contribution in [1.29, 1.82) is 0 Å². The molecule has 32 heavy (non-hydrogen) atoms. The minimum Gasteiger partial charge on any atom is -0.493 e. The van der Waals surface area contributed by atoms with Crippen molar-refractivity contribution in [2.75, 3.05) is 27.3 Å². The maximum absolute atomic E-state index is 13.3. The van der Waals surface area contributed by atoms with Crippen LogP contribution in [0.2, 0.25) is 0 Å². The van der Waals surface area contributed by atoms with Gasteiger partial charge < -0.3 is 24.7 Å². The van der Waals surface area contributed by atoms with Crippen LogP contribution in [0.25, 0.3) is 10.9 Å². The molecule has 1 aliphatic heterocycles. The first-order chi connectivity index (χ1) is 15.3. The van der Waals surface area contributed by atoms with E-state index >= 15 is 0 Å². The number of aromatic nitrogens is 3. The number of carbonyl (C=O) groups excluding carboxylic acids is 2. The lowest BCUT2D eigenvalue weighted by molar-refractivity contribution is 0.0701. The van der Waals surface area contributed by atoms with Crippen LogP contribution < -0.4 is 15.2 Å². The Morgan fingerprint density at radius 3 is 2.34 bits per heavy atom. The van der Waals surface area contributed by atoms with E-state index < -0.39 is 5.91 Å². The molecule has 1 saturated heterocycles. The fourth-order valence-corrected chi connectivity index (χ4v) is 4.30. The number of benzene rings is 1. The van der Waals surface area contributed by atoms with Crippen molar-refractivity contribution < 1.29 is 19.1 Å². The molecule has 0 unspecified atom stereocenters. The van der Waals surface area contributed by atoms with Gasteiger partial charge in [-0.25, -0.2) is 9.97 Å². The van der Waals surface area contributed by atoms with Gasteiger partial charge in [-0.05, 0) is 31.9 Å². The highest BCUT2D eigenvalue weighted by Gasteiger charge is 2.28. The number of piperidine rings is 1. The molecule has 0 radical (unpaired) electrons. The quantitative estimate of drug-likeness (QED) is 0.656. The molecule has 0 bridgehead atoms. The number of nitrogens with zero attached hydrogens (tertiary/aromatic N) is 4. The molecule has 3 heterocycles. The average Bonchev–Trinajstić information content (AvgIpc) is 3.12. The largest absolute Gasteiger partial charge is 0.493 e. The zero-order valence-corrected chi connectivity index (χ0v) is 18.7. The predicted molar refractivity (Wildman–Crippen MR) is 119 cm³/mol. The summed E-state index contributed by atoms with van der Waals surface area (Å²) < 4.78 is 12.7. The number of hydrogen-bond donors (Lipinski definition) is 1. The summed E-state index contributed by atoms with van der Waals surface area (Å²) >= 11 is 0. The first-order valence-corrected chi connectivity index (χ1v) is 10.5. The van der Waals surface area contributed by atoms with Gasteiger partial charge in [0.05, 0.1) is 31.0 Å². The van der Waals surface area contributed by atoms with E-state index in [9.17, 15) is 9.59 Å².